The van der Waals surface area contributed by atoms with Crippen LogP contribution in [0.15, 0.2) is 24.7 Å². The molecule has 0 atom stereocenters. The molecule has 0 radical (unpaired) electrons. The maximum absolute atomic E-state index is 4.33. The van der Waals surface area contributed by atoms with Gasteiger partial charge in [0.1, 0.15) is 0 Å². The van der Waals surface area contributed by atoms with Crippen LogP contribution in [0.5, 0.6) is 0 Å². The molecular weight excluding hydrogens is 250 g/mol. The predicted octanol–water partition coefficient (Wildman–Crippen LogP) is 2.31. The molecule has 6 heteroatoms. The lowest BCUT2D eigenvalue weighted by molar-refractivity contribution is 0.470. The van der Waals surface area contributed by atoms with Crippen LogP contribution in [0.25, 0.3) is 0 Å². The Bertz CT molecular complexity index is 474. The first-order valence-corrected chi connectivity index (χ1v) is 5.88. The molecule has 0 fully saturated rings. The topological polar surface area (TPSA) is 47.7 Å². The molecular formula is C12H20ClN5. The van der Waals surface area contributed by atoms with E-state index in [1.165, 1.54) is 5.69 Å². The summed E-state index contributed by atoms with van der Waals surface area (Å²) >= 11 is 0. The number of aromatic nitrogens is 4. The summed E-state index contributed by atoms with van der Waals surface area (Å²) in [5.74, 6) is 0.604. The van der Waals surface area contributed by atoms with Gasteiger partial charge in [0.25, 0.3) is 0 Å². The summed E-state index contributed by atoms with van der Waals surface area (Å²) < 4.78 is 3.84. The fourth-order valence-electron chi connectivity index (χ4n) is 1.73. The van der Waals surface area contributed by atoms with Crippen molar-refractivity contribution < 1.29 is 0 Å². The first kappa shape index (κ1) is 14.6. The van der Waals surface area contributed by atoms with E-state index in [1.807, 2.05) is 36.4 Å². The highest BCUT2D eigenvalue weighted by Gasteiger charge is 2.04. The van der Waals surface area contributed by atoms with Crippen molar-refractivity contribution in [2.45, 2.75) is 26.9 Å². The molecule has 5 nitrogen and oxygen atoms in total. The molecule has 1 N–H and O–H groups in total. The molecule has 0 aliphatic heterocycles. The van der Waals surface area contributed by atoms with Crippen LogP contribution >= 0.6 is 12.4 Å². The highest BCUT2D eigenvalue weighted by atomic mass is 35.5. The Morgan fingerprint density at radius 1 is 1.33 bits per heavy atom. The van der Waals surface area contributed by atoms with Crippen molar-refractivity contribution in [2.75, 3.05) is 5.32 Å². The van der Waals surface area contributed by atoms with E-state index in [1.54, 1.807) is 4.68 Å². The second-order valence-corrected chi connectivity index (χ2v) is 4.65. The first-order valence-electron chi connectivity index (χ1n) is 5.88. The molecule has 0 aliphatic rings. The number of rotatable bonds is 5. The fourth-order valence-corrected chi connectivity index (χ4v) is 1.73. The van der Waals surface area contributed by atoms with E-state index in [9.17, 15) is 0 Å². The smallest absolute Gasteiger partial charge is 0.0729 e. The lowest BCUT2D eigenvalue weighted by atomic mass is 10.2. The van der Waals surface area contributed by atoms with Gasteiger partial charge in [-0.05, 0) is 12.0 Å². The number of aryl methyl sites for hydroxylation is 1. The summed E-state index contributed by atoms with van der Waals surface area (Å²) in [5.41, 5.74) is 2.23. The molecule has 0 unspecified atom stereocenters. The average Bonchev–Trinajstić information content (AvgIpc) is 2.84. The quantitative estimate of drug-likeness (QED) is 0.906. The largest absolute Gasteiger partial charge is 0.377 e. The van der Waals surface area contributed by atoms with Crippen LogP contribution in [0.1, 0.15) is 19.5 Å². The van der Waals surface area contributed by atoms with E-state index in [-0.39, 0.29) is 12.4 Å². The zero-order valence-corrected chi connectivity index (χ0v) is 11.8. The molecule has 0 saturated carbocycles. The summed E-state index contributed by atoms with van der Waals surface area (Å²) in [6.07, 6.45) is 5.63. The number of nitrogens with one attached hydrogen (secondary N) is 1. The van der Waals surface area contributed by atoms with Crippen molar-refractivity contribution in [3.63, 3.8) is 0 Å². The Morgan fingerprint density at radius 3 is 2.72 bits per heavy atom. The minimum atomic E-state index is 0. The summed E-state index contributed by atoms with van der Waals surface area (Å²) in [6, 6.07) is 2.05. The Kier molecular flexibility index (Phi) is 5.22. The van der Waals surface area contributed by atoms with Crippen molar-refractivity contribution >= 4 is 18.1 Å². The SMILES string of the molecule is CC(C)Cn1nccc1CNc1cnn(C)c1.Cl. The number of hydrogen-bond donors (Lipinski definition) is 1. The standard InChI is InChI=1S/C12H19N5.ClH/c1-10(2)8-17-12(4-5-14-17)7-13-11-6-15-16(3)9-11;/h4-6,9-10,13H,7-8H2,1-3H3;1H. The maximum Gasteiger partial charge on any atom is 0.0729 e. The molecule has 2 aromatic rings. The number of halogens is 1. The fraction of sp³-hybridized carbons (Fsp3) is 0.500. The third-order valence-corrected chi connectivity index (χ3v) is 2.52. The molecule has 0 bridgehead atoms. The van der Waals surface area contributed by atoms with Crippen LogP contribution in [-0.4, -0.2) is 19.6 Å². The lowest BCUT2D eigenvalue weighted by Crippen LogP contribution is -2.12. The van der Waals surface area contributed by atoms with Crippen molar-refractivity contribution in [1.82, 2.24) is 19.6 Å². The van der Waals surface area contributed by atoms with Crippen LogP contribution in [0.2, 0.25) is 0 Å². The summed E-state index contributed by atoms with van der Waals surface area (Å²) in [5, 5.41) is 11.8. The van der Waals surface area contributed by atoms with E-state index in [0.717, 1.165) is 18.8 Å². The lowest BCUT2D eigenvalue weighted by Gasteiger charge is -2.10. The molecule has 2 aromatic heterocycles. The van der Waals surface area contributed by atoms with Gasteiger partial charge in [-0.15, -0.1) is 12.4 Å². The van der Waals surface area contributed by atoms with Crippen LogP contribution in [-0.2, 0) is 20.1 Å². The molecule has 0 spiro atoms. The van der Waals surface area contributed by atoms with Gasteiger partial charge in [-0.3, -0.25) is 9.36 Å². The molecule has 2 rings (SSSR count). The zero-order chi connectivity index (χ0) is 12.3. The number of hydrogen-bond acceptors (Lipinski definition) is 3. The average molecular weight is 270 g/mol. The Morgan fingerprint density at radius 2 is 2.11 bits per heavy atom. The molecule has 18 heavy (non-hydrogen) atoms. The second-order valence-electron chi connectivity index (χ2n) is 4.65. The van der Waals surface area contributed by atoms with Gasteiger partial charge in [0.05, 0.1) is 24.1 Å². The molecule has 0 saturated heterocycles. The third-order valence-electron chi connectivity index (χ3n) is 2.52. The van der Waals surface area contributed by atoms with Crippen molar-refractivity contribution in [1.29, 1.82) is 0 Å². The van der Waals surface area contributed by atoms with Gasteiger partial charge in [0.2, 0.25) is 0 Å². The third kappa shape index (κ3) is 3.77. The molecule has 2 heterocycles. The summed E-state index contributed by atoms with van der Waals surface area (Å²) in [7, 11) is 1.91. The van der Waals surface area contributed by atoms with Crippen LogP contribution < -0.4 is 5.32 Å². The van der Waals surface area contributed by atoms with Crippen LogP contribution in [0.4, 0.5) is 5.69 Å². The minimum absolute atomic E-state index is 0. The number of nitrogens with zero attached hydrogens (tertiary/aromatic N) is 4. The van der Waals surface area contributed by atoms with E-state index < -0.39 is 0 Å². The van der Waals surface area contributed by atoms with Gasteiger partial charge < -0.3 is 5.32 Å². The van der Waals surface area contributed by atoms with E-state index in [2.05, 4.69) is 29.4 Å². The highest BCUT2D eigenvalue weighted by molar-refractivity contribution is 5.85. The van der Waals surface area contributed by atoms with Crippen molar-refractivity contribution in [3.8, 4) is 0 Å². The van der Waals surface area contributed by atoms with E-state index >= 15 is 0 Å². The maximum atomic E-state index is 4.33. The Labute approximate surface area is 114 Å². The van der Waals surface area contributed by atoms with Gasteiger partial charge in [0.15, 0.2) is 0 Å². The van der Waals surface area contributed by atoms with Gasteiger partial charge in [-0.25, -0.2) is 0 Å². The first-order chi connectivity index (χ1) is 8.15. The van der Waals surface area contributed by atoms with E-state index in [4.69, 9.17) is 0 Å². The van der Waals surface area contributed by atoms with Crippen LogP contribution in [0, 0.1) is 5.92 Å². The van der Waals surface area contributed by atoms with Gasteiger partial charge in [-0.2, -0.15) is 10.2 Å². The molecule has 0 amide bonds. The molecule has 0 aromatic carbocycles. The highest BCUT2D eigenvalue weighted by Crippen LogP contribution is 2.08. The van der Waals surface area contributed by atoms with Gasteiger partial charge in [0, 0.05) is 26.0 Å². The molecule has 100 valence electrons. The monoisotopic (exact) mass is 269 g/mol. The minimum Gasteiger partial charge on any atom is -0.377 e. The van der Waals surface area contributed by atoms with Crippen LogP contribution in [0.3, 0.4) is 0 Å². The Hall–Kier alpha value is -1.49. The normalized spacial score (nSPS) is 10.4. The summed E-state index contributed by atoms with van der Waals surface area (Å²) in [6.45, 7) is 6.12. The van der Waals surface area contributed by atoms with E-state index in [0.29, 0.717) is 5.92 Å². The van der Waals surface area contributed by atoms with Gasteiger partial charge >= 0.3 is 0 Å². The predicted molar refractivity (Wildman–Crippen MR) is 74.8 cm³/mol. The van der Waals surface area contributed by atoms with Crippen molar-refractivity contribution in [2.24, 2.45) is 13.0 Å². The van der Waals surface area contributed by atoms with Crippen molar-refractivity contribution in [3.05, 3.63) is 30.4 Å². The number of anilines is 1. The Balaban J connectivity index is 0.00000162. The second kappa shape index (κ2) is 6.44. The summed E-state index contributed by atoms with van der Waals surface area (Å²) in [4.78, 5) is 0. The van der Waals surface area contributed by atoms with Gasteiger partial charge in [-0.1, -0.05) is 13.8 Å². The zero-order valence-electron chi connectivity index (χ0n) is 11.0. The molecule has 0 aliphatic carbocycles.